The Balaban J connectivity index is 0.000000640. The van der Waals surface area contributed by atoms with E-state index in [0.717, 1.165) is 12.5 Å². The Labute approximate surface area is 62.6 Å². The van der Waals surface area contributed by atoms with Crippen LogP contribution in [-0.4, -0.2) is 12.6 Å². The van der Waals surface area contributed by atoms with Crippen LogP contribution in [0.4, 0.5) is 0 Å². The molecule has 1 fully saturated rings. The molecule has 0 bridgehead atoms. The zero-order valence-corrected chi connectivity index (χ0v) is 6.19. The van der Waals surface area contributed by atoms with Crippen molar-refractivity contribution in [1.82, 2.24) is 0 Å². The second kappa shape index (κ2) is 4.67. The number of hydrogen-bond donors (Lipinski definition) is 1. The molecule has 1 unspecified atom stereocenters. The first-order chi connectivity index (χ1) is 3.93. The summed E-state index contributed by atoms with van der Waals surface area (Å²) in [7, 11) is 0. The summed E-state index contributed by atoms with van der Waals surface area (Å²) in [5, 5.41) is 2.35. The molecule has 1 heterocycles. The van der Waals surface area contributed by atoms with E-state index in [1.165, 1.54) is 19.4 Å². The largest absolute Gasteiger partial charge is 1.00 e. The molecule has 1 nitrogen and oxygen atoms in total. The Morgan fingerprint density at radius 3 is 2.89 bits per heavy atom. The van der Waals surface area contributed by atoms with Crippen LogP contribution in [0.5, 0.6) is 0 Å². The van der Waals surface area contributed by atoms with Gasteiger partial charge >= 0.3 is 0 Å². The highest BCUT2D eigenvalue weighted by Gasteiger charge is 2.15. The van der Waals surface area contributed by atoms with E-state index in [0.29, 0.717) is 0 Å². The maximum absolute atomic E-state index is 5.14. The summed E-state index contributed by atoms with van der Waals surface area (Å²) in [6.45, 7) is 1.28. The van der Waals surface area contributed by atoms with Gasteiger partial charge in [0.05, 0.1) is 19.0 Å². The number of terminal acetylenes is 1. The van der Waals surface area contributed by atoms with E-state index >= 15 is 0 Å². The second-order valence-electron chi connectivity index (χ2n) is 2.33. The average Bonchev–Trinajstić information content (AvgIpc) is 2.19. The molecule has 1 rings (SSSR count). The fourth-order valence-corrected chi connectivity index (χ4v) is 1.19. The Bertz CT molecular complexity index is 100.0. The van der Waals surface area contributed by atoms with Crippen LogP contribution in [0.3, 0.4) is 0 Å². The van der Waals surface area contributed by atoms with E-state index in [9.17, 15) is 0 Å². The van der Waals surface area contributed by atoms with Crippen LogP contribution < -0.4 is 17.7 Å². The van der Waals surface area contributed by atoms with Crippen molar-refractivity contribution in [3.63, 3.8) is 0 Å². The SMILES string of the molecule is C#CCC1CCC[NH2+]1.[Cl-]. The zero-order valence-electron chi connectivity index (χ0n) is 5.44. The van der Waals surface area contributed by atoms with Gasteiger partial charge in [-0.1, -0.05) is 0 Å². The van der Waals surface area contributed by atoms with Crippen molar-refractivity contribution in [2.75, 3.05) is 6.54 Å². The molecule has 0 aliphatic carbocycles. The van der Waals surface area contributed by atoms with Gasteiger partial charge in [0.25, 0.3) is 0 Å². The van der Waals surface area contributed by atoms with Gasteiger partial charge in [0.1, 0.15) is 0 Å². The lowest BCUT2D eigenvalue weighted by Gasteiger charge is -1.98. The number of halogens is 1. The first-order valence-electron chi connectivity index (χ1n) is 3.20. The van der Waals surface area contributed by atoms with Crippen molar-refractivity contribution in [2.24, 2.45) is 0 Å². The van der Waals surface area contributed by atoms with Crippen molar-refractivity contribution in [3.8, 4) is 12.3 Å². The predicted molar refractivity (Wildman–Crippen MR) is 33.3 cm³/mol. The summed E-state index contributed by atoms with van der Waals surface area (Å²) in [4.78, 5) is 0. The van der Waals surface area contributed by atoms with Crippen LogP contribution in [0.1, 0.15) is 19.3 Å². The van der Waals surface area contributed by atoms with Crippen LogP contribution >= 0.6 is 0 Å². The summed E-state index contributed by atoms with van der Waals surface area (Å²) in [6.07, 6.45) is 8.77. The third-order valence-electron chi connectivity index (χ3n) is 1.66. The molecular weight excluding hydrogens is 134 g/mol. The van der Waals surface area contributed by atoms with Gasteiger partial charge < -0.3 is 17.7 Å². The van der Waals surface area contributed by atoms with Crippen LogP contribution in [0.2, 0.25) is 0 Å². The third kappa shape index (κ3) is 2.74. The van der Waals surface area contributed by atoms with Gasteiger partial charge in [0.2, 0.25) is 0 Å². The number of hydrogen-bond acceptors (Lipinski definition) is 0. The molecule has 1 saturated heterocycles. The molecule has 0 aromatic rings. The highest BCUT2D eigenvalue weighted by atomic mass is 35.5. The van der Waals surface area contributed by atoms with E-state index in [1.807, 2.05) is 0 Å². The molecule has 0 spiro atoms. The number of rotatable bonds is 1. The lowest BCUT2D eigenvalue weighted by molar-refractivity contribution is -0.668. The average molecular weight is 146 g/mol. The number of quaternary nitrogens is 1. The molecular formula is C7H12ClN. The molecule has 1 atom stereocenters. The molecule has 0 saturated carbocycles. The molecule has 2 heteroatoms. The highest BCUT2D eigenvalue weighted by molar-refractivity contribution is 4.87. The Hall–Kier alpha value is -0.190. The van der Waals surface area contributed by atoms with Gasteiger partial charge in [0.15, 0.2) is 0 Å². The van der Waals surface area contributed by atoms with Crippen LogP contribution in [0.25, 0.3) is 0 Å². The molecule has 9 heavy (non-hydrogen) atoms. The van der Waals surface area contributed by atoms with E-state index in [2.05, 4.69) is 11.2 Å². The van der Waals surface area contributed by atoms with Gasteiger partial charge in [-0.05, 0) is 0 Å². The summed E-state index contributed by atoms with van der Waals surface area (Å²) in [6, 6.07) is 0.750. The van der Waals surface area contributed by atoms with E-state index in [1.54, 1.807) is 0 Å². The first-order valence-corrected chi connectivity index (χ1v) is 3.20. The lowest BCUT2D eigenvalue weighted by Crippen LogP contribution is -3.00. The summed E-state index contributed by atoms with van der Waals surface area (Å²) in [5.74, 6) is 2.68. The molecule has 1 aliphatic heterocycles. The molecule has 0 aromatic heterocycles. The van der Waals surface area contributed by atoms with Crippen molar-refractivity contribution >= 4 is 0 Å². The third-order valence-corrected chi connectivity index (χ3v) is 1.66. The maximum atomic E-state index is 5.14. The van der Waals surface area contributed by atoms with Gasteiger partial charge in [-0.15, -0.1) is 12.3 Å². The van der Waals surface area contributed by atoms with Gasteiger partial charge in [-0.2, -0.15) is 0 Å². The smallest absolute Gasteiger partial charge is 0.0971 e. The van der Waals surface area contributed by atoms with Gasteiger partial charge in [-0.25, -0.2) is 0 Å². The minimum absolute atomic E-state index is 0. The Morgan fingerprint density at radius 1 is 1.67 bits per heavy atom. The number of nitrogens with two attached hydrogens (primary N) is 1. The Morgan fingerprint density at radius 2 is 2.44 bits per heavy atom. The molecule has 1 aliphatic rings. The van der Waals surface area contributed by atoms with Gasteiger partial charge in [-0.3, -0.25) is 0 Å². The van der Waals surface area contributed by atoms with Crippen molar-refractivity contribution in [3.05, 3.63) is 0 Å². The fraction of sp³-hybridized carbons (Fsp3) is 0.714. The first kappa shape index (κ1) is 8.81. The molecule has 2 N–H and O–H groups in total. The fourth-order valence-electron chi connectivity index (χ4n) is 1.19. The lowest BCUT2D eigenvalue weighted by atomic mass is 10.2. The summed E-state index contributed by atoms with van der Waals surface area (Å²) in [5.41, 5.74) is 0. The second-order valence-corrected chi connectivity index (χ2v) is 2.33. The molecule has 0 amide bonds. The topological polar surface area (TPSA) is 16.6 Å². The normalized spacial score (nSPS) is 24.6. The van der Waals surface area contributed by atoms with Crippen LogP contribution in [0.15, 0.2) is 0 Å². The summed E-state index contributed by atoms with van der Waals surface area (Å²) >= 11 is 0. The molecule has 52 valence electrons. The minimum atomic E-state index is 0. The quantitative estimate of drug-likeness (QED) is 0.373. The van der Waals surface area contributed by atoms with E-state index < -0.39 is 0 Å². The van der Waals surface area contributed by atoms with E-state index in [-0.39, 0.29) is 12.4 Å². The predicted octanol–water partition coefficient (Wildman–Crippen LogP) is -3.26. The van der Waals surface area contributed by atoms with Crippen molar-refractivity contribution in [2.45, 2.75) is 25.3 Å². The van der Waals surface area contributed by atoms with Crippen LogP contribution in [-0.2, 0) is 0 Å². The standard InChI is InChI=1S/C7H11N.ClH/c1-2-4-7-5-3-6-8-7;/h1,7-8H,3-6H2;1H. The molecule has 0 aromatic carbocycles. The van der Waals surface area contributed by atoms with E-state index in [4.69, 9.17) is 6.42 Å². The minimum Gasteiger partial charge on any atom is -1.00 e. The van der Waals surface area contributed by atoms with Crippen molar-refractivity contribution in [1.29, 1.82) is 0 Å². The van der Waals surface area contributed by atoms with Crippen molar-refractivity contribution < 1.29 is 17.7 Å². The van der Waals surface area contributed by atoms with Crippen LogP contribution in [0, 0.1) is 12.3 Å². The summed E-state index contributed by atoms with van der Waals surface area (Å²) < 4.78 is 0. The molecule has 0 radical (unpaired) electrons. The highest BCUT2D eigenvalue weighted by Crippen LogP contribution is 1.99. The monoisotopic (exact) mass is 145 g/mol. The maximum Gasteiger partial charge on any atom is 0.0971 e. The zero-order chi connectivity index (χ0) is 5.82. The Kier molecular flexibility index (Phi) is 4.57. The van der Waals surface area contributed by atoms with Gasteiger partial charge in [0, 0.05) is 12.8 Å².